The van der Waals surface area contributed by atoms with E-state index < -0.39 is 38.0 Å². The van der Waals surface area contributed by atoms with Crippen LogP contribution in [0.4, 0.5) is 4.39 Å². The number of hydrogen-bond donors (Lipinski definition) is 1. The standard InChI is InChI=1S/C25H24FNO5P/c1-5-21(33(30)31-4)20(28)14-22(29)32-25-23(15(2)3)18-8-6-7-9-19(18)27-24(25)16-10-12-17(26)13-11-16/h1,6-13,15,20-21,28H,14H2,2-4H3/q+1. The molecule has 6 nitrogen and oxygen atoms in total. The van der Waals surface area contributed by atoms with Crippen molar-refractivity contribution in [2.45, 2.75) is 37.9 Å². The van der Waals surface area contributed by atoms with Gasteiger partial charge >= 0.3 is 14.0 Å². The second kappa shape index (κ2) is 10.6. The van der Waals surface area contributed by atoms with Gasteiger partial charge in [0.1, 0.15) is 17.6 Å². The number of esters is 1. The SMILES string of the molecule is C#CC(C(O)CC(=O)Oc1c(-c2ccc(F)cc2)nc2ccccc2c1C(C)C)[P+](=O)OC. The zero-order valence-electron chi connectivity index (χ0n) is 18.5. The van der Waals surface area contributed by atoms with Crippen molar-refractivity contribution >= 4 is 24.9 Å². The van der Waals surface area contributed by atoms with E-state index in [-0.39, 0.29) is 11.7 Å². The quantitative estimate of drug-likeness (QED) is 0.278. The Hall–Kier alpha value is -3.17. The van der Waals surface area contributed by atoms with Crippen LogP contribution in [0.1, 0.15) is 31.7 Å². The number of para-hydroxylation sites is 1. The number of aromatic nitrogens is 1. The number of aliphatic hydroxyl groups is 1. The number of aliphatic hydroxyl groups excluding tert-OH is 1. The molecule has 170 valence electrons. The van der Waals surface area contributed by atoms with E-state index in [2.05, 4.69) is 10.9 Å². The molecule has 0 aliphatic carbocycles. The number of terminal acetylenes is 1. The highest BCUT2D eigenvalue weighted by Crippen LogP contribution is 2.41. The van der Waals surface area contributed by atoms with Gasteiger partial charge in [0.05, 0.1) is 19.0 Å². The van der Waals surface area contributed by atoms with Crippen molar-refractivity contribution in [1.29, 1.82) is 0 Å². The van der Waals surface area contributed by atoms with Gasteiger partial charge in [0.2, 0.25) is 0 Å². The fraction of sp³-hybridized carbons (Fsp3) is 0.280. The number of benzene rings is 2. The Morgan fingerprint density at radius 3 is 2.48 bits per heavy atom. The fourth-order valence-electron chi connectivity index (χ4n) is 3.56. The van der Waals surface area contributed by atoms with E-state index in [9.17, 15) is 18.9 Å². The van der Waals surface area contributed by atoms with Gasteiger partial charge < -0.3 is 9.84 Å². The van der Waals surface area contributed by atoms with Crippen LogP contribution in [0, 0.1) is 18.2 Å². The molecule has 3 aromatic rings. The number of ether oxygens (including phenoxy) is 1. The number of fused-ring (bicyclic) bond motifs is 1. The Labute approximate surface area is 192 Å². The zero-order valence-corrected chi connectivity index (χ0v) is 19.4. The average Bonchev–Trinajstić information content (AvgIpc) is 2.79. The largest absolute Gasteiger partial charge is 0.526 e. The maximum atomic E-state index is 13.5. The van der Waals surface area contributed by atoms with Crippen molar-refractivity contribution in [2.75, 3.05) is 7.11 Å². The molecule has 3 atom stereocenters. The second-order valence-corrected chi connectivity index (χ2v) is 9.20. The van der Waals surface area contributed by atoms with Crippen molar-refractivity contribution in [2.24, 2.45) is 0 Å². The number of rotatable bonds is 8. The van der Waals surface area contributed by atoms with Crippen molar-refractivity contribution in [3.05, 3.63) is 59.9 Å². The lowest BCUT2D eigenvalue weighted by Gasteiger charge is -2.20. The maximum Gasteiger partial charge on any atom is 0.526 e. The monoisotopic (exact) mass is 468 g/mol. The lowest BCUT2D eigenvalue weighted by molar-refractivity contribution is -0.136. The van der Waals surface area contributed by atoms with Crippen LogP contribution in [0.25, 0.3) is 22.2 Å². The van der Waals surface area contributed by atoms with Crippen LogP contribution in [-0.2, 0) is 13.9 Å². The molecule has 33 heavy (non-hydrogen) atoms. The van der Waals surface area contributed by atoms with E-state index >= 15 is 0 Å². The molecular weight excluding hydrogens is 444 g/mol. The van der Waals surface area contributed by atoms with Crippen LogP contribution in [0.15, 0.2) is 48.5 Å². The number of carbonyl (C=O) groups is 1. The zero-order chi connectivity index (χ0) is 24.1. The van der Waals surface area contributed by atoms with Gasteiger partial charge in [-0.25, -0.2) is 9.37 Å². The van der Waals surface area contributed by atoms with Gasteiger partial charge in [-0.05, 0) is 46.7 Å². The minimum Gasteiger partial charge on any atom is -0.424 e. The third kappa shape index (κ3) is 5.43. The van der Waals surface area contributed by atoms with E-state index in [0.717, 1.165) is 10.9 Å². The van der Waals surface area contributed by atoms with Gasteiger partial charge in [-0.15, -0.1) is 10.9 Å². The number of carbonyl (C=O) groups excluding carboxylic acids is 1. The van der Waals surface area contributed by atoms with Crippen LogP contribution in [0.3, 0.4) is 0 Å². The highest BCUT2D eigenvalue weighted by molar-refractivity contribution is 7.40. The minimum atomic E-state index is -2.35. The molecule has 0 saturated carbocycles. The molecule has 1 N–H and O–H groups in total. The van der Waals surface area contributed by atoms with Crippen LogP contribution >= 0.6 is 8.03 Å². The fourth-order valence-corrected chi connectivity index (χ4v) is 4.30. The van der Waals surface area contributed by atoms with E-state index in [1.807, 2.05) is 38.1 Å². The first kappa shape index (κ1) is 24.5. The van der Waals surface area contributed by atoms with Crippen molar-refractivity contribution in [1.82, 2.24) is 4.98 Å². The Kier molecular flexibility index (Phi) is 7.88. The summed E-state index contributed by atoms with van der Waals surface area (Å²) in [5.74, 6) is 1.20. The molecule has 0 amide bonds. The number of nitrogens with zero attached hydrogens (tertiary/aromatic N) is 1. The molecule has 3 rings (SSSR count). The molecular formula is C25H24FNO5P+. The summed E-state index contributed by atoms with van der Waals surface area (Å²) >= 11 is 0. The van der Waals surface area contributed by atoms with Crippen LogP contribution in [0.5, 0.6) is 5.75 Å². The van der Waals surface area contributed by atoms with E-state index in [0.29, 0.717) is 16.8 Å². The summed E-state index contributed by atoms with van der Waals surface area (Å²) in [6.07, 6.45) is 3.44. The molecule has 0 saturated heterocycles. The highest BCUT2D eigenvalue weighted by atomic mass is 31.1. The molecule has 2 aromatic carbocycles. The summed E-state index contributed by atoms with van der Waals surface area (Å²) in [4.78, 5) is 17.5. The van der Waals surface area contributed by atoms with Gasteiger partial charge in [-0.1, -0.05) is 32.0 Å². The summed E-state index contributed by atoms with van der Waals surface area (Å²) in [5.41, 5.74) is 1.23. The predicted molar refractivity (Wildman–Crippen MR) is 125 cm³/mol. The number of hydrogen-bond acceptors (Lipinski definition) is 6. The third-order valence-corrected chi connectivity index (χ3v) is 6.42. The van der Waals surface area contributed by atoms with Gasteiger partial charge in [0, 0.05) is 16.5 Å². The van der Waals surface area contributed by atoms with E-state index in [1.54, 1.807) is 12.1 Å². The third-order valence-electron chi connectivity index (χ3n) is 5.12. The van der Waals surface area contributed by atoms with Crippen molar-refractivity contribution in [3.63, 3.8) is 0 Å². The van der Waals surface area contributed by atoms with Crippen LogP contribution < -0.4 is 4.74 Å². The summed E-state index contributed by atoms with van der Waals surface area (Å²) in [6, 6.07) is 13.2. The van der Waals surface area contributed by atoms with Gasteiger partial charge in [-0.3, -0.25) is 4.79 Å². The lowest BCUT2D eigenvalue weighted by Crippen LogP contribution is -2.27. The topological polar surface area (TPSA) is 85.7 Å². The predicted octanol–water partition coefficient (Wildman–Crippen LogP) is 5.21. The maximum absolute atomic E-state index is 13.5. The first-order chi connectivity index (χ1) is 15.8. The summed E-state index contributed by atoms with van der Waals surface area (Å²) in [5, 5.41) is 11.2. The molecule has 0 radical (unpaired) electrons. The first-order valence-corrected chi connectivity index (χ1v) is 11.5. The number of pyridine rings is 1. The van der Waals surface area contributed by atoms with Crippen LogP contribution in [-0.4, -0.2) is 34.9 Å². The molecule has 1 heterocycles. The molecule has 0 aliphatic rings. The summed E-state index contributed by atoms with van der Waals surface area (Å²) in [6.45, 7) is 3.92. The van der Waals surface area contributed by atoms with Crippen molar-refractivity contribution in [3.8, 4) is 29.4 Å². The Morgan fingerprint density at radius 1 is 1.21 bits per heavy atom. The lowest BCUT2D eigenvalue weighted by atomic mass is 9.94. The average molecular weight is 468 g/mol. The second-order valence-electron chi connectivity index (χ2n) is 7.71. The Morgan fingerprint density at radius 2 is 1.88 bits per heavy atom. The van der Waals surface area contributed by atoms with Gasteiger partial charge in [0.15, 0.2) is 5.75 Å². The van der Waals surface area contributed by atoms with Gasteiger partial charge in [0.25, 0.3) is 5.66 Å². The Balaban J connectivity index is 2.08. The van der Waals surface area contributed by atoms with Gasteiger partial charge in [-0.2, -0.15) is 0 Å². The number of halogens is 1. The smallest absolute Gasteiger partial charge is 0.424 e. The summed E-state index contributed by atoms with van der Waals surface area (Å²) < 4.78 is 35.9. The van der Waals surface area contributed by atoms with Crippen molar-refractivity contribution < 1.29 is 28.1 Å². The van der Waals surface area contributed by atoms with E-state index in [1.165, 1.54) is 19.2 Å². The molecule has 0 spiro atoms. The first-order valence-electron chi connectivity index (χ1n) is 10.3. The molecule has 8 heteroatoms. The summed E-state index contributed by atoms with van der Waals surface area (Å²) in [7, 11) is -1.14. The highest BCUT2D eigenvalue weighted by Gasteiger charge is 2.38. The Bertz CT molecular complexity index is 1220. The minimum absolute atomic E-state index is 0.0498. The molecule has 3 unspecified atom stereocenters. The molecule has 1 aromatic heterocycles. The normalized spacial score (nSPS) is 13.4. The molecule has 0 bridgehead atoms. The molecule has 0 fully saturated rings. The van der Waals surface area contributed by atoms with Crippen LogP contribution in [0.2, 0.25) is 0 Å². The van der Waals surface area contributed by atoms with E-state index in [4.69, 9.17) is 15.7 Å². The molecule has 0 aliphatic heterocycles.